The fraction of sp³-hybridized carbons (Fsp3) is 0.938. The molecule has 1 amide bonds. The lowest BCUT2D eigenvalue weighted by atomic mass is 9.69. The molecule has 0 radical (unpaired) electrons. The quantitative estimate of drug-likeness (QED) is 0.804. The molecule has 1 fully saturated rings. The summed E-state index contributed by atoms with van der Waals surface area (Å²) in [6.07, 6.45) is 6.34. The molecule has 0 heterocycles. The molecular formula is C16H32N2O. The summed E-state index contributed by atoms with van der Waals surface area (Å²) < 4.78 is 0. The molecule has 1 saturated carbocycles. The highest BCUT2D eigenvalue weighted by Crippen LogP contribution is 2.40. The summed E-state index contributed by atoms with van der Waals surface area (Å²) in [6, 6.07) is 0.360. The van der Waals surface area contributed by atoms with Gasteiger partial charge in [0.2, 0.25) is 5.91 Å². The molecule has 0 atom stereocenters. The van der Waals surface area contributed by atoms with Crippen LogP contribution >= 0.6 is 0 Å². The summed E-state index contributed by atoms with van der Waals surface area (Å²) in [5.41, 5.74) is 5.91. The molecule has 0 aliphatic heterocycles. The Kier molecular flexibility index (Phi) is 5.43. The third-order valence-corrected chi connectivity index (χ3v) is 4.72. The van der Waals surface area contributed by atoms with Gasteiger partial charge in [-0.3, -0.25) is 4.79 Å². The Bertz CT molecular complexity index is 296. The van der Waals surface area contributed by atoms with E-state index in [1.807, 2.05) is 13.8 Å². The Morgan fingerprint density at radius 2 is 1.68 bits per heavy atom. The van der Waals surface area contributed by atoms with Crippen molar-refractivity contribution in [3.8, 4) is 0 Å². The predicted molar refractivity (Wildman–Crippen MR) is 80.8 cm³/mol. The highest BCUT2D eigenvalue weighted by atomic mass is 16.1. The van der Waals surface area contributed by atoms with Gasteiger partial charge in [-0.15, -0.1) is 0 Å². The second-order valence-electron chi connectivity index (χ2n) is 7.62. The first-order valence-corrected chi connectivity index (χ1v) is 7.72. The van der Waals surface area contributed by atoms with Crippen LogP contribution in [0.15, 0.2) is 0 Å². The number of hydrogen-bond donors (Lipinski definition) is 2. The van der Waals surface area contributed by atoms with Crippen molar-refractivity contribution >= 4 is 5.91 Å². The highest BCUT2D eigenvalue weighted by Gasteiger charge is 2.32. The van der Waals surface area contributed by atoms with E-state index < -0.39 is 5.54 Å². The Morgan fingerprint density at radius 3 is 2.11 bits per heavy atom. The lowest BCUT2D eigenvalue weighted by Crippen LogP contribution is -2.44. The first kappa shape index (κ1) is 16.5. The van der Waals surface area contributed by atoms with Crippen molar-refractivity contribution in [1.82, 2.24) is 5.32 Å². The third kappa shape index (κ3) is 5.52. The van der Waals surface area contributed by atoms with Gasteiger partial charge in [-0.1, -0.05) is 27.2 Å². The summed E-state index contributed by atoms with van der Waals surface area (Å²) in [5, 5.41) is 3.15. The van der Waals surface area contributed by atoms with Crippen molar-refractivity contribution in [3.05, 3.63) is 0 Å². The summed E-state index contributed by atoms with van der Waals surface area (Å²) in [7, 11) is 0. The van der Waals surface area contributed by atoms with Crippen molar-refractivity contribution in [1.29, 1.82) is 0 Å². The van der Waals surface area contributed by atoms with Crippen molar-refractivity contribution in [3.63, 3.8) is 0 Å². The Balaban J connectivity index is 2.37. The maximum atomic E-state index is 11.9. The second kappa shape index (κ2) is 6.25. The van der Waals surface area contributed by atoms with Crippen LogP contribution in [0.5, 0.6) is 0 Å². The Morgan fingerprint density at radius 1 is 1.16 bits per heavy atom. The standard InChI is InChI=1S/C16H32N2O/c1-6-15(2,3)12-7-9-13(10-8-12)18-14(19)11-16(4,5)17/h12-13H,6-11,17H2,1-5H3,(H,18,19). The lowest BCUT2D eigenvalue weighted by Gasteiger charge is -2.39. The smallest absolute Gasteiger partial charge is 0.222 e. The van der Waals surface area contributed by atoms with Crippen LogP contribution in [0.3, 0.4) is 0 Å². The number of carbonyl (C=O) groups excluding carboxylic acids is 1. The molecule has 0 aromatic heterocycles. The van der Waals surface area contributed by atoms with Crippen LogP contribution in [0.1, 0.15) is 73.1 Å². The van der Waals surface area contributed by atoms with Gasteiger partial charge in [-0.2, -0.15) is 0 Å². The zero-order valence-electron chi connectivity index (χ0n) is 13.4. The number of amides is 1. The van der Waals surface area contributed by atoms with Gasteiger partial charge in [-0.25, -0.2) is 0 Å². The Labute approximate surface area is 118 Å². The zero-order chi connectivity index (χ0) is 14.7. The molecular weight excluding hydrogens is 236 g/mol. The van der Waals surface area contributed by atoms with Crippen LogP contribution in [0.4, 0.5) is 0 Å². The third-order valence-electron chi connectivity index (χ3n) is 4.72. The van der Waals surface area contributed by atoms with Crippen LogP contribution in [0, 0.1) is 11.3 Å². The number of rotatable bonds is 5. The van der Waals surface area contributed by atoms with E-state index in [0.29, 0.717) is 17.9 Å². The second-order valence-corrected chi connectivity index (χ2v) is 7.62. The molecule has 0 aromatic rings. The molecule has 1 rings (SSSR count). The van der Waals surface area contributed by atoms with E-state index in [1.165, 1.54) is 19.3 Å². The molecule has 0 saturated heterocycles. The summed E-state index contributed by atoms with van der Waals surface area (Å²) >= 11 is 0. The minimum absolute atomic E-state index is 0.103. The van der Waals surface area contributed by atoms with Gasteiger partial charge in [0.25, 0.3) is 0 Å². The number of nitrogens with one attached hydrogen (secondary N) is 1. The van der Waals surface area contributed by atoms with Gasteiger partial charge in [0.05, 0.1) is 0 Å². The summed E-state index contributed by atoms with van der Waals surface area (Å²) in [6.45, 7) is 10.8. The number of nitrogens with two attached hydrogens (primary N) is 1. The molecule has 3 heteroatoms. The largest absolute Gasteiger partial charge is 0.353 e. The van der Waals surface area contributed by atoms with Gasteiger partial charge in [0.15, 0.2) is 0 Å². The predicted octanol–water partition coefficient (Wildman–Crippen LogP) is 3.23. The van der Waals surface area contributed by atoms with Crippen molar-refractivity contribution in [2.24, 2.45) is 17.1 Å². The molecule has 0 unspecified atom stereocenters. The highest BCUT2D eigenvalue weighted by molar-refractivity contribution is 5.77. The average molecular weight is 268 g/mol. The normalized spacial score (nSPS) is 25.2. The van der Waals surface area contributed by atoms with E-state index in [0.717, 1.165) is 18.8 Å². The molecule has 1 aliphatic carbocycles. The van der Waals surface area contributed by atoms with E-state index in [-0.39, 0.29) is 5.91 Å². The molecule has 112 valence electrons. The minimum Gasteiger partial charge on any atom is -0.353 e. The van der Waals surface area contributed by atoms with Crippen molar-refractivity contribution in [2.45, 2.75) is 84.7 Å². The van der Waals surface area contributed by atoms with Gasteiger partial charge in [0.1, 0.15) is 0 Å². The molecule has 1 aliphatic rings. The van der Waals surface area contributed by atoms with E-state index in [2.05, 4.69) is 26.1 Å². The number of hydrogen-bond acceptors (Lipinski definition) is 2. The SMILES string of the molecule is CCC(C)(C)C1CCC(NC(=O)CC(C)(C)N)CC1. The van der Waals surface area contributed by atoms with Crippen molar-refractivity contribution < 1.29 is 4.79 Å². The monoisotopic (exact) mass is 268 g/mol. The lowest BCUT2D eigenvalue weighted by molar-refractivity contribution is -0.123. The van der Waals surface area contributed by atoms with Crippen molar-refractivity contribution in [2.75, 3.05) is 0 Å². The maximum absolute atomic E-state index is 11.9. The average Bonchev–Trinajstić information content (AvgIpc) is 2.27. The van der Waals surface area contributed by atoms with E-state index >= 15 is 0 Å². The van der Waals surface area contributed by atoms with E-state index in [9.17, 15) is 4.79 Å². The van der Waals surface area contributed by atoms with Gasteiger partial charge >= 0.3 is 0 Å². The van der Waals surface area contributed by atoms with Crippen LogP contribution in [-0.4, -0.2) is 17.5 Å². The maximum Gasteiger partial charge on any atom is 0.222 e. The van der Waals surface area contributed by atoms with E-state index in [4.69, 9.17) is 5.73 Å². The van der Waals surface area contributed by atoms with Gasteiger partial charge in [0, 0.05) is 18.0 Å². The fourth-order valence-corrected chi connectivity index (χ4v) is 3.00. The van der Waals surface area contributed by atoms with Crippen LogP contribution < -0.4 is 11.1 Å². The molecule has 0 aromatic carbocycles. The molecule has 3 nitrogen and oxygen atoms in total. The topological polar surface area (TPSA) is 55.1 Å². The van der Waals surface area contributed by atoms with Crippen LogP contribution in [-0.2, 0) is 4.79 Å². The zero-order valence-corrected chi connectivity index (χ0v) is 13.4. The first-order valence-electron chi connectivity index (χ1n) is 7.72. The molecule has 0 bridgehead atoms. The van der Waals surface area contributed by atoms with E-state index in [1.54, 1.807) is 0 Å². The first-order chi connectivity index (χ1) is 8.64. The molecule has 19 heavy (non-hydrogen) atoms. The minimum atomic E-state index is -0.411. The van der Waals surface area contributed by atoms with Gasteiger partial charge in [-0.05, 0) is 50.9 Å². The van der Waals surface area contributed by atoms with Gasteiger partial charge < -0.3 is 11.1 Å². The fourth-order valence-electron chi connectivity index (χ4n) is 3.00. The Hall–Kier alpha value is -0.570. The van der Waals surface area contributed by atoms with Crippen LogP contribution in [0.25, 0.3) is 0 Å². The summed E-state index contributed by atoms with van der Waals surface area (Å²) in [4.78, 5) is 11.9. The summed E-state index contributed by atoms with van der Waals surface area (Å²) in [5.74, 6) is 0.905. The van der Waals surface area contributed by atoms with Crippen LogP contribution in [0.2, 0.25) is 0 Å². The molecule has 3 N–H and O–H groups in total. The number of carbonyl (C=O) groups is 1. The molecule has 0 spiro atoms.